The van der Waals surface area contributed by atoms with Crippen LogP contribution in [0.2, 0.25) is 0 Å². The number of amides is 1. The zero-order valence-corrected chi connectivity index (χ0v) is 16.2. The summed E-state index contributed by atoms with van der Waals surface area (Å²) in [6, 6.07) is 2.19. The van der Waals surface area contributed by atoms with Crippen LogP contribution in [0.3, 0.4) is 0 Å². The minimum absolute atomic E-state index is 0.0882. The Hall–Kier alpha value is -1.62. The van der Waals surface area contributed by atoms with Gasteiger partial charge in [0.1, 0.15) is 9.71 Å². The highest BCUT2D eigenvalue weighted by molar-refractivity contribution is 7.21. The summed E-state index contributed by atoms with van der Waals surface area (Å²) >= 11 is 1.47. The lowest BCUT2D eigenvalue weighted by Gasteiger charge is -2.34. The summed E-state index contributed by atoms with van der Waals surface area (Å²) in [6.07, 6.45) is 4.49. The lowest BCUT2D eigenvalue weighted by atomic mass is 9.87. The number of aryl methyl sites for hydroxylation is 1. The van der Waals surface area contributed by atoms with Crippen LogP contribution in [-0.4, -0.2) is 28.9 Å². The van der Waals surface area contributed by atoms with Gasteiger partial charge in [-0.15, -0.1) is 11.3 Å². The van der Waals surface area contributed by atoms with Crippen LogP contribution in [0.1, 0.15) is 54.5 Å². The van der Waals surface area contributed by atoms with E-state index in [1.54, 1.807) is 0 Å². The van der Waals surface area contributed by atoms with Gasteiger partial charge in [0.25, 0.3) is 5.91 Å². The van der Waals surface area contributed by atoms with E-state index < -0.39 is 0 Å². The summed E-state index contributed by atoms with van der Waals surface area (Å²) < 4.78 is 0. The zero-order chi connectivity index (χ0) is 17.7. The molecule has 1 saturated heterocycles. The number of nitrogens with two attached hydrogens (primary N) is 1. The van der Waals surface area contributed by atoms with Crippen molar-refractivity contribution in [1.29, 1.82) is 0 Å². The smallest absolute Gasteiger partial charge is 0.266 e. The van der Waals surface area contributed by atoms with Crippen molar-refractivity contribution in [3.8, 4) is 0 Å². The molecule has 2 aromatic heterocycles. The molecule has 2 aliphatic rings. The molecule has 0 saturated carbocycles. The van der Waals surface area contributed by atoms with Crippen molar-refractivity contribution >= 4 is 33.1 Å². The van der Waals surface area contributed by atoms with Gasteiger partial charge in [-0.25, -0.2) is 4.98 Å². The number of piperidine rings is 1. The van der Waals surface area contributed by atoms with Gasteiger partial charge in [0.2, 0.25) is 0 Å². The van der Waals surface area contributed by atoms with Crippen molar-refractivity contribution in [3.63, 3.8) is 0 Å². The summed E-state index contributed by atoms with van der Waals surface area (Å²) in [5, 5.41) is 0.972. The molecular weight excluding hydrogens is 330 g/mol. The minimum atomic E-state index is 0.0882. The van der Waals surface area contributed by atoms with Gasteiger partial charge in [0.15, 0.2) is 0 Å². The van der Waals surface area contributed by atoms with Gasteiger partial charge in [-0.2, -0.15) is 0 Å². The molecule has 4 rings (SSSR count). The van der Waals surface area contributed by atoms with E-state index in [0.29, 0.717) is 28.3 Å². The Morgan fingerprint density at radius 2 is 1.96 bits per heavy atom. The predicted octanol–water partition coefficient (Wildman–Crippen LogP) is 4.12. The second kappa shape index (κ2) is 6.27. The lowest BCUT2D eigenvalue weighted by molar-refractivity contribution is 0.0629. The summed E-state index contributed by atoms with van der Waals surface area (Å²) in [6.45, 7) is 8.40. The third-order valence-corrected chi connectivity index (χ3v) is 6.79. The normalized spacial score (nSPS) is 26.7. The van der Waals surface area contributed by atoms with Gasteiger partial charge in [0.05, 0.1) is 5.69 Å². The van der Waals surface area contributed by atoms with E-state index in [2.05, 4.69) is 26.8 Å². The van der Waals surface area contributed by atoms with Crippen molar-refractivity contribution in [2.24, 2.45) is 17.8 Å². The molecule has 2 aromatic rings. The number of pyridine rings is 1. The van der Waals surface area contributed by atoms with Gasteiger partial charge in [-0.3, -0.25) is 4.79 Å². The minimum Gasteiger partial charge on any atom is -0.397 e. The van der Waals surface area contributed by atoms with Crippen LogP contribution in [0, 0.1) is 17.8 Å². The van der Waals surface area contributed by atoms with E-state index in [0.717, 1.165) is 36.1 Å². The summed E-state index contributed by atoms with van der Waals surface area (Å²) in [7, 11) is 0. The second-order valence-corrected chi connectivity index (χ2v) is 9.29. The van der Waals surface area contributed by atoms with E-state index >= 15 is 0 Å². The Labute approximate surface area is 153 Å². The van der Waals surface area contributed by atoms with Crippen LogP contribution in [0.4, 0.5) is 5.69 Å². The molecule has 3 heterocycles. The molecule has 5 heteroatoms. The fraction of sp³-hybridized carbons (Fsp3) is 0.600. The molecule has 1 amide bonds. The fourth-order valence-corrected chi connectivity index (χ4v) is 5.57. The first-order valence-electron chi connectivity index (χ1n) is 9.42. The van der Waals surface area contributed by atoms with Crippen LogP contribution in [0.15, 0.2) is 6.07 Å². The fourth-order valence-electron chi connectivity index (χ4n) is 4.50. The van der Waals surface area contributed by atoms with Crippen LogP contribution in [-0.2, 0) is 12.8 Å². The van der Waals surface area contributed by atoms with Gasteiger partial charge in [0, 0.05) is 24.2 Å². The molecule has 4 nitrogen and oxygen atoms in total. The van der Waals surface area contributed by atoms with E-state index in [9.17, 15) is 4.79 Å². The lowest BCUT2D eigenvalue weighted by Crippen LogP contribution is -2.42. The number of likely N-dealkylation sites (tertiary alicyclic amines) is 1. The van der Waals surface area contributed by atoms with Crippen LogP contribution in [0.25, 0.3) is 10.2 Å². The van der Waals surface area contributed by atoms with Gasteiger partial charge < -0.3 is 10.6 Å². The van der Waals surface area contributed by atoms with Gasteiger partial charge >= 0.3 is 0 Å². The number of thiophene rings is 1. The third kappa shape index (κ3) is 3.03. The number of nitrogen functional groups attached to an aromatic ring is 1. The molecule has 2 N–H and O–H groups in total. The molecule has 25 heavy (non-hydrogen) atoms. The first-order chi connectivity index (χ1) is 11.9. The molecule has 0 bridgehead atoms. The van der Waals surface area contributed by atoms with E-state index in [4.69, 9.17) is 10.7 Å². The quantitative estimate of drug-likeness (QED) is 0.835. The van der Waals surface area contributed by atoms with Gasteiger partial charge in [-0.05, 0) is 55.1 Å². The second-order valence-electron chi connectivity index (χ2n) is 8.30. The highest BCUT2D eigenvalue weighted by Gasteiger charge is 2.29. The molecule has 1 aliphatic carbocycles. The standard InChI is InChI=1S/C20H27N3OS/c1-11-4-5-16-14(7-11)8-15-17(21)18(25-19(15)22-16)20(24)23-9-12(2)6-13(3)10-23/h8,11-13H,4-7,9-10,21H2,1-3H3. The molecule has 0 spiro atoms. The molecule has 1 aliphatic heterocycles. The highest BCUT2D eigenvalue weighted by atomic mass is 32.1. The monoisotopic (exact) mass is 357 g/mol. The van der Waals surface area contributed by atoms with Crippen molar-refractivity contribution in [3.05, 3.63) is 22.2 Å². The molecule has 3 atom stereocenters. The van der Waals surface area contributed by atoms with Crippen LogP contribution < -0.4 is 5.73 Å². The van der Waals surface area contributed by atoms with E-state index in [1.165, 1.54) is 35.4 Å². The Balaban J connectivity index is 1.70. The summed E-state index contributed by atoms with van der Waals surface area (Å²) in [4.78, 5) is 21.5. The summed E-state index contributed by atoms with van der Waals surface area (Å²) in [5.41, 5.74) is 9.55. The van der Waals surface area contributed by atoms with Crippen molar-refractivity contribution in [1.82, 2.24) is 9.88 Å². The first kappa shape index (κ1) is 16.8. The SMILES string of the molecule is CC1CCc2nc3sc(C(=O)N4CC(C)CC(C)C4)c(N)c3cc2C1. The Morgan fingerprint density at radius 3 is 2.68 bits per heavy atom. The predicted molar refractivity (Wildman–Crippen MR) is 104 cm³/mol. The number of hydrogen-bond donors (Lipinski definition) is 1. The number of carbonyl (C=O) groups excluding carboxylic acids is 1. The largest absolute Gasteiger partial charge is 0.397 e. The van der Waals surface area contributed by atoms with Crippen molar-refractivity contribution in [2.75, 3.05) is 18.8 Å². The maximum atomic E-state index is 13.1. The average molecular weight is 358 g/mol. The maximum Gasteiger partial charge on any atom is 0.266 e. The Bertz CT molecular complexity index is 818. The Kier molecular flexibility index (Phi) is 4.22. The number of carbonyl (C=O) groups is 1. The molecular formula is C20H27N3OS. The number of rotatable bonds is 1. The number of hydrogen-bond acceptors (Lipinski definition) is 4. The highest BCUT2D eigenvalue weighted by Crippen LogP contribution is 2.37. The number of anilines is 1. The maximum absolute atomic E-state index is 13.1. The van der Waals surface area contributed by atoms with Crippen molar-refractivity contribution < 1.29 is 4.79 Å². The molecule has 134 valence electrons. The van der Waals surface area contributed by atoms with E-state index in [1.807, 2.05) is 4.90 Å². The number of aromatic nitrogens is 1. The van der Waals surface area contributed by atoms with Gasteiger partial charge in [-0.1, -0.05) is 20.8 Å². The molecule has 0 radical (unpaired) electrons. The zero-order valence-electron chi connectivity index (χ0n) is 15.3. The molecule has 1 fully saturated rings. The van der Waals surface area contributed by atoms with Crippen molar-refractivity contribution in [2.45, 2.75) is 46.5 Å². The molecule has 0 aromatic carbocycles. The van der Waals surface area contributed by atoms with Crippen LogP contribution >= 0.6 is 11.3 Å². The topological polar surface area (TPSA) is 59.2 Å². The average Bonchev–Trinajstić information content (AvgIpc) is 2.87. The van der Waals surface area contributed by atoms with E-state index in [-0.39, 0.29) is 5.91 Å². The number of nitrogens with zero attached hydrogens (tertiary/aromatic N) is 2. The third-order valence-electron chi connectivity index (χ3n) is 5.68. The number of fused-ring (bicyclic) bond motifs is 2. The van der Waals surface area contributed by atoms with Crippen LogP contribution in [0.5, 0.6) is 0 Å². The first-order valence-corrected chi connectivity index (χ1v) is 10.2. The summed E-state index contributed by atoms with van der Waals surface area (Å²) in [5.74, 6) is 1.89. The Morgan fingerprint density at radius 1 is 1.24 bits per heavy atom. The molecule has 3 unspecified atom stereocenters.